The molecule has 0 saturated heterocycles. The van der Waals surface area contributed by atoms with Gasteiger partial charge in [-0.15, -0.1) is 0 Å². The van der Waals surface area contributed by atoms with E-state index in [1.54, 1.807) is 0 Å². The summed E-state index contributed by atoms with van der Waals surface area (Å²) in [5.41, 5.74) is 1.17. The molecule has 0 aliphatic heterocycles. The fourth-order valence-corrected chi connectivity index (χ4v) is 2.10. The molecule has 0 aliphatic carbocycles. The molecule has 0 radical (unpaired) electrons. The van der Waals surface area contributed by atoms with Crippen LogP contribution in [0.3, 0.4) is 0 Å². The minimum absolute atomic E-state index is 0.164. The topological polar surface area (TPSA) is 46.5 Å². The van der Waals surface area contributed by atoms with E-state index in [1.807, 2.05) is 18.2 Å². The van der Waals surface area contributed by atoms with E-state index in [0.29, 0.717) is 18.9 Å². The molecule has 1 aromatic rings. The van der Waals surface area contributed by atoms with Gasteiger partial charge in [0.25, 0.3) is 0 Å². The zero-order valence-corrected chi connectivity index (χ0v) is 12.5. The quantitative estimate of drug-likeness (QED) is 0.695. The van der Waals surface area contributed by atoms with Gasteiger partial charge in [-0.3, -0.25) is 4.79 Å². The molecule has 1 aromatic carbocycles. The number of carboxylic acid groups (broad SMARTS) is 1. The number of rotatable bonds is 10. The van der Waals surface area contributed by atoms with Crippen molar-refractivity contribution >= 4 is 5.97 Å². The number of hydrogen-bond acceptors (Lipinski definition) is 2. The Morgan fingerprint density at radius 2 is 1.85 bits per heavy atom. The van der Waals surface area contributed by atoms with Crippen LogP contribution in [0.25, 0.3) is 0 Å². The predicted molar refractivity (Wildman–Crippen MR) is 80.6 cm³/mol. The lowest BCUT2D eigenvalue weighted by Gasteiger charge is -2.19. The number of hydrogen-bond donors (Lipinski definition) is 1. The third-order valence-electron chi connectivity index (χ3n) is 3.31. The van der Waals surface area contributed by atoms with Gasteiger partial charge in [0.2, 0.25) is 0 Å². The van der Waals surface area contributed by atoms with Crippen molar-refractivity contribution in [3.05, 3.63) is 35.9 Å². The molecular weight excluding hydrogens is 252 g/mol. The lowest BCUT2D eigenvalue weighted by molar-refractivity contribution is -0.137. The summed E-state index contributed by atoms with van der Waals surface area (Å²) in [6.07, 6.45) is 4.03. The van der Waals surface area contributed by atoms with Gasteiger partial charge in [0.15, 0.2) is 0 Å². The molecule has 1 rings (SSSR count). The molecule has 3 nitrogen and oxygen atoms in total. The van der Waals surface area contributed by atoms with Gasteiger partial charge in [-0.25, -0.2) is 0 Å². The molecule has 0 heterocycles. The average Bonchev–Trinajstić information content (AvgIpc) is 2.42. The monoisotopic (exact) mass is 278 g/mol. The van der Waals surface area contributed by atoms with Gasteiger partial charge >= 0.3 is 5.97 Å². The van der Waals surface area contributed by atoms with Crippen molar-refractivity contribution < 1.29 is 14.6 Å². The lowest BCUT2D eigenvalue weighted by atomic mass is 10.0. The van der Waals surface area contributed by atoms with Crippen molar-refractivity contribution in [3.63, 3.8) is 0 Å². The van der Waals surface area contributed by atoms with E-state index in [9.17, 15) is 4.79 Å². The van der Waals surface area contributed by atoms with Gasteiger partial charge in [0.1, 0.15) is 0 Å². The van der Waals surface area contributed by atoms with E-state index < -0.39 is 5.97 Å². The Labute approximate surface area is 122 Å². The summed E-state index contributed by atoms with van der Waals surface area (Å²) in [5, 5.41) is 8.71. The van der Waals surface area contributed by atoms with Crippen molar-refractivity contribution in [2.45, 2.75) is 58.7 Å². The highest BCUT2D eigenvalue weighted by Crippen LogP contribution is 2.17. The fraction of sp³-hybridized carbons (Fsp3) is 0.588. The van der Waals surface area contributed by atoms with Crippen molar-refractivity contribution in [1.29, 1.82) is 0 Å². The van der Waals surface area contributed by atoms with Crippen LogP contribution in [-0.4, -0.2) is 17.2 Å². The van der Waals surface area contributed by atoms with Gasteiger partial charge in [-0.05, 0) is 37.2 Å². The zero-order valence-electron chi connectivity index (χ0n) is 12.5. The molecule has 1 atom stereocenters. The number of carboxylic acids is 1. The minimum Gasteiger partial charge on any atom is -0.481 e. The first-order valence-electron chi connectivity index (χ1n) is 7.45. The van der Waals surface area contributed by atoms with Crippen molar-refractivity contribution in [2.75, 3.05) is 0 Å². The molecule has 20 heavy (non-hydrogen) atoms. The second-order valence-corrected chi connectivity index (χ2v) is 5.68. The molecule has 3 heteroatoms. The maximum atomic E-state index is 10.6. The second-order valence-electron chi connectivity index (χ2n) is 5.68. The number of benzene rings is 1. The van der Waals surface area contributed by atoms with E-state index in [0.717, 1.165) is 19.3 Å². The van der Waals surface area contributed by atoms with Gasteiger partial charge in [0.05, 0.1) is 12.7 Å². The first kappa shape index (κ1) is 16.7. The van der Waals surface area contributed by atoms with Crippen molar-refractivity contribution in [2.24, 2.45) is 5.92 Å². The Bertz CT molecular complexity index is 373. The highest BCUT2D eigenvalue weighted by Gasteiger charge is 2.11. The van der Waals surface area contributed by atoms with Crippen molar-refractivity contribution in [1.82, 2.24) is 0 Å². The molecule has 1 N–H and O–H groups in total. The first-order chi connectivity index (χ1) is 9.58. The van der Waals surface area contributed by atoms with Gasteiger partial charge in [0, 0.05) is 6.42 Å². The van der Waals surface area contributed by atoms with E-state index in [4.69, 9.17) is 9.84 Å². The van der Waals surface area contributed by atoms with Crippen LogP contribution in [-0.2, 0) is 16.1 Å². The highest BCUT2D eigenvalue weighted by molar-refractivity contribution is 5.66. The third-order valence-corrected chi connectivity index (χ3v) is 3.31. The van der Waals surface area contributed by atoms with Crippen LogP contribution in [0.1, 0.15) is 51.5 Å². The molecule has 0 aromatic heterocycles. The fourth-order valence-electron chi connectivity index (χ4n) is 2.10. The van der Waals surface area contributed by atoms with Gasteiger partial charge in [-0.2, -0.15) is 0 Å². The average molecular weight is 278 g/mol. The summed E-state index contributed by atoms with van der Waals surface area (Å²) in [6, 6.07) is 10.1. The smallest absolute Gasteiger partial charge is 0.303 e. The van der Waals surface area contributed by atoms with E-state index in [-0.39, 0.29) is 12.5 Å². The SMILES string of the molecule is CC(C)CCC(CCCC(=O)O)OCc1ccccc1. The minimum atomic E-state index is -0.726. The van der Waals surface area contributed by atoms with Crippen LogP contribution in [0.2, 0.25) is 0 Å². The Morgan fingerprint density at radius 1 is 1.15 bits per heavy atom. The maximum absolute atomic E-state index is 10.6. The first-order valence-corrected chi connectivity index (χ1v) is 7.45. The third kappa shape index (κ3) is 7.95. The van der Waals surface area contributed by atoms with Gasteiger partial charge in [-0.1, -0.05) is 44.2 Å². The van der Waals surface area contributed by atoms with E-state index >= 15 is 0 Å². The molecule has 0 saturated carbocycles. The molecule has 112 valence electrons. The Balaban J connectivity index is 2.38. The van der Waals surface area contributed by atoms with Crippen LogP contribution in [0.5, 0.6) is 0 Å². The normalized spacial score (nSPS) is 12.6. The summed E-state index contributed by atoms with van der Waals surface area (Å²) in [7, 11) is 0. The summed E-state index contributed by atoms with van der Waals surface area (Å²) in [4.78, 5) is 10.6. The summed E-state index contributed by atoms with van der Waals surface area (Å²) in [5.74, 6) is -0.0760. The largest absolute Gasteiger partial charge is 0.481 e. The van der Waals surface area contributed by atoms with Crippen molar-refractivity contribution in [3.8, 4) is 0 Å². The van der Waals surface area contributed by atoms with Gasteiger partial charge < -0.3 is 9.84 Å². The van der Waals surface area contributed by atoms with Crippen LogP contribution in [0, 0.1) is 5.92 Å². The van der Waals surface area contributed by atoms with Crippen LogP contribution < -0.4 is 0 Å². The predicted octanol–water partition coefficient (Wildman–Crippen LogP) is 4.26. The second kappa shape index (κ2) is 9.54. The molecule has 1 unspecified atom stereocenters. The molecule has 0 bridgehead atoms. The van der Waals surface area contributed by atoms with E-state index in [2.05, 4.69) is 26.0 Å². The lowest BCUT2D eigenvalue weighted by Crippen LogP contribution is -2.14. The summed E-state index contributed by atoms with van der Waals surface area (Å²) in [6.45, 7) is 5.01. The Kier molecular flexibility index (Phi) is 7.97. The molecule has 0 aliphatic rings. The van der Waals surface area contributed by atoms with Crippen LogP contribution in [0.4, 0.5) is 0 Å². The Hall–Kier alpha value is -1.35. The zero-order chi connectivity index (χ0) is 14.8. The number of aliphatic carboxylic acids is 1. The highest BCUT2D eigenvalue weighted by atomic mass is 16.5. The van der Waals surface area contributed by atoms with E-state index in [1.165, 1.54) is 5.56 Å². The maximum Gasteiger partial charge on any atom is 0.303 e. The standard InChI is InChI=1S/C17H26O3/c1-14(2)11-12-16(9-6-10-17(18)19)20-13-15-7-4-3-5-8-15/h3-5,7-8,14,16H,6,9-13H2,1-2H3,(H,18,19). The molecule has 0 amide bonds. The van der Waals surface area contributed by atoms with Crippen LogP contribution >= 0.6 is 0 Å². The van der Waals surface area contributed by atoms with Crippen LogP contribution in [0.15, 0.2) is 30.3 Å². The molecule has 0 fully saturated rings. The summed E-state index contributed by atoms with van der Waals surface area (Å²) >= 11 is 0. The molecule has 0 spiro atoms. The number of ether oxygens (including phenoxy) is 1. The summed E-state index contributed by atoms with van der Waals surface area (Å²) < 4.78 is 5.97. The Morgan fingerprint density at radius 3 is 2.45 bits per heavy atom. The molecular formula is C17H26O3. The number of carbonyl (C=O) groups is 1.